The van der Waals surface area contributed by atoms with E-state index in [9.17, 15) is 14.4 Å². The first-order valence-corrected chi connectivity index (χ1v) is 5.43. The zero-order valence-corrected chi connectivity index (χ0v) is 9.74. The van der Waals surface area contributed by atoms with Gasteiger partial charge in [-0.25, -0.2) is 9.78 Å². The zero-order valence-electron chi connectivity index (χ0n) is 8.93. The molecule has 0 bridgehead atoms. The van der Waals surface area contributed by atoms with Gasteiger partial charge in [-0.3, -0.25) is 14.9 Å². The smallest absolute Gasteiger partial charge is 0.329 e. The van der Waals surface area contributed by atoms with Crippen LogP contribution in [0, 0.1) is 0 Å². The van der Waals surface area contributed by atoms with Crippen molar-refractivity contribution in [1.29, 1.82) is 0 Å². The number of aromatic nitrogens is 1. The maximum atomic E-state index is 11.2. The summed E-state index contributed by atoms with van der Waals surface area (Å²) in [5.41, 5.74) is 0.275. The molecule has 0 atom stereocenters. The van der Waals surface area contributed by atoms with Gasteiger partial charge in [-0.15, -0.1) is 11.3 Å². The van der Waals surface area contributed by atoms with Gasteiger partial charge in [0.25, 0.3) is 5.91 Å². The first-order chi connectivity index (χ1) is 7.99. The molecule has 0 saturated carbocycles. The van der Waals surface area contributed by atoms with Crippen molar-refractivity contribution >= 4 is 34.1 Å². The summed E-state index contributed by atoms with van der Waals surface area (Å²) in [6.45, 7) is 0.460. The number of nitrogens with one attached hydrogen (secondary N) is 1. The highest BCUT2D eigenvalue weighted by Gasteiger charge is 2.09. The second-order valence-corrected chi connectivity index (χ2v) is 3.89. The molecule has 0 aliphatic carbocycles. The van der Waals surface area contributed by atoms with Gasteiger partial charge in [-0.05, 0) is 0 Å². The molecular formula is C9H10N2O5S. The number of hydrogen-bond donors (Lipinski definition) is 2. The van der Waals surface area contributed by atoms with Crippen LogP contribution in [-0.4, -0.2) is 41.0 Å². The number of rotatable bonds is 6. The summed E-state index contributed by atoms with van der Waals surface area (Å²) in [7, 11) is 0. The number of thiazole rings is 1. The largest absolute Gasteiger partial charge is 0.480 e. The van der Waals surface area contributed by atoms with E-state index in [0.29, 0.717) is 0 Å². The monoisotopic (exact) mass is 258 g/mol. The number of carbonyl (C=O) groups excluding carboxylic acids is 2. The van der Waals surface area contributed by atoms with Crippen molar-refractivity contribution < 1.29 is 24.2 Å². The summed E-state index contributed by atoms with van der Waals surface area (Å²) in [6, 6.07) is 0. The lowest BCUT2D eigenvalue weighted by atomic mass is 10.4. The van der Waals surface area contributed by atoms with Crippen molar-refractivity contribution in [2.75, 3.05) is 18.5 Å². The van der Waals surface area contributed by atoms with E-state index in [1.165, 1.54) is 12.3 Å². The van der Waals surface area contributed by atoms with Crippen LogP contribution >= 0.6 is 11.3 Å². The Balaban J connectivity index is 2.39. The molecule has 1 aromatic heterocycles. The zero-order chi connectivity index (χ0) is 12.8. The molecule has 0 fully saturated rings. The molecule has 0 spiro atoms. The summed E-state index contributed by atoms with van der Waals surface area (Å²) >= 11 is 1.11. The van der Waals surface area contributed by atoms with Crippen LogP contribution in [0.5, 0.6) is 0 Å². The van der Waals surface area contributed by atoms with Gasteiger partial charge in [0.05, 0.1) is 0 Å². The van der Waals surface area contributed by atoms with Gasteiger partial charge in [0, 0.05) is 12.3 Å². The third-order valence-corrected chi connectivity index (χ3v) is 2.33. The minimum absolute atomic E-state index is 0.191. The van der Waals surface area contributed by atoms with Crippen molar-refractivity contribution in [2.45, 2.75) is 6.92 Å². The molecular weight excluding hydrogens is 248 g/mol. The molecule has 0 aromatic carbocycles. The molecule has 1 heterocycles. The topological polar surface area (TPSA) is 106 Å². The van der Waals surface area contributed by atoms with Gasteiger partial charge < -0.3 is 9.84 Å². The molecule has 7 nitrogen and oxygen atoms in total. The van der Waals surface area contributed by atoms with Crippen molar-refractivity contribution in [3.05, 3.63) is 11.1 Å². The van der Waals surface area contributed by atoms with Gasteiger partial charge in [0.1, 0.15) is 18.9 Å². The van der Waals surface area contributed by atoms with Crippen LogP contribution in [0.1, 0.15) is 17.4 Å². The summed E-state index contributed by atoms with van der Waals surface area (Å²) in [4.78, 5) is 36.1. The fourth-order valence-electron chi connectivity index (χ4n) is 0.879. The van der Waals surface area contributed by atoms with Crippen LogP contribution in [0.4, 0.5) is 5.13 Å². The van der Waals surface area contributed by atoms with Crippen molar-refractivity contribution in [1.82, 2.24) is 4.98 Å². The van der Waals surface area contributed by atoms with Crippen LogP contribution in [0.25, 0.3) is 0 Å². The normalized spacial score (nSPS) is 9.94. The highest BCUT2D eigenvalue weighted by Crippen LogP contribution is 2.15. The van der Waals surface area contributed by atoms with E-state index in [1.807, 2.05) is 0 Å². The minimum Gasteiger partial charge on any atom is -0.480 e. The average Bonchev–Trinajstić information content (AvgIpc) is 2.65. The van der Waals surface area contributed by atoms with Crippen LogP contribution in [0.15, 0.2) is 5.38 Å². The van der Waals surface area contributed by atoms with E-state index < -0.39 is 18.5 Å². The Morgan fingerprint density at radius 1 is 1.47 bits per heavy atom. The van der Waals surface area contributed by atoms with Crippen molar-refractivity contribution in [3.8, 4) is 0 Å². The van der Waals surface area contributed by atoms with Crippen LogP contribution in [-0.2, 0) is 14.3 Å². The molecule has 1 amide bonds. The van der Waals surface area contributed by atoms with Gasteiger partial charge in [0.2, 0.25) is 0 Å². The van der Waals surface area contributed by atoms with E-state index in [1.54, 1.807) is 0 Å². The van der Waals surface area contributed by atoms with Crippen molar-refractivity contribution in [3.63, 3.8) is 0 Å². The predicted molar refractivity (Wildman–Crippen MR) is 59.2 cm³/mol. The Hall–Kier alpha value is -1.80. The Bertz CT molecular complexity index is 442. The second kappa shape index (κ2) is 6.06. The van der Waals surface area contributed by atoms with Gasteiger partial charge in [0.15, 0.2) is 10.9 Å². The molecule has 0 aliphatic heterocycles. The molecule has 0 unspecified atom stereocenters. The Morgan fingerprint density at radius 2 is 2.18 bits per heavy atom. The van der Waals surface area contributed by atoms with Crippen LogP contribution < -0.4 is 5.32 Å². The highest BCUT2D eigenvalue weighted by atomic mass is 32.1. The van der Waals surface area contributed by atoms with E-state index in [0.717, 1.165) is 11.3 Å². The molecule has 92 valence electrons. The number of anilines is 1. The predicted octanol–water partition coefficient (Wildman–Crippen LogP) is 0.385. The number of ketones is 1. The quantitative estimate of drug-likeness (QED) is 0.715. The molecule has 0 aliphatic rings. The fourth-order valence-corrected chi connectivity index (χ4v) is 1.64. The van der Waals surface area contributed by atoms with Gasteiger partial charge >= 0.3 is 5.97 Å². The summed E-state index contributed by atoms with van der Waals surface area (Å²) in [6.07, 6.45) is 0. The highest BCUT2D eigenvalue weighted by molar-refractivity contribution is 7.14. The van der Waals surface area contributed by atoms with E-state index in [-0.39, 0.29) is 23.2 Å². The van der Waals surface area contributed by atoms with Gasteiger partial charge in [-0.2, -0.15) is 0 Å². The molecule has 17 heavy (non-hydrogen) atoms. The van der Waals surface area contributed by atoms with E-state index in [2.05, 4.69) is 15.0 Å². The SMILES string of the molecule is CC(=O)c1csc(NC(=O)COCC(=O)O)n1. The molecule has 0 saturated heterocycles. The lowest BCUT2D eigenvalue weighted by Gasteiger charge is -2.01. The van der Waals surface area contributed by atoms with E-state index >= 15 is 0 Å². The maximum absolute atomic E-state index is 11.2. The second-order valence-electron chi connectivity index (χ2n) is 3.03. The van der Waals surface area contributed by atoms with Crippen molar-refractivity contribution in [2.24, 2.45) is 0 Å². The lowest BCUT2D eigenvalue weighted by Crippen LogP contribution is -2.20. The number of ether oxygens (including phenoxy) is 1. The minimum atomic E-state index is -1.15. The molecule has 8 heteroatoms. The number of nitrogens with zero attached hydrogens (tertiary/aromatic N) is 1. The number of carboxylic acids is 1. The average molecular weight is 258 g/mol. The third-order valence-electron chi connectivity index (χ3n) is 1.57. The number of aliphatic carboxylic acids is 1. The third kappa shape index (κ3) is 4.70. The first kappa shape index (κ1) is 13.3. The summed E-state index contributed by atoms with van der Waals surface area (Å²) in [5, 5.41) is 12.5. The molecule has 0 radical (unpaired) electrons. The number of amides is 1. The summed E-state index contributed by atoms with van der Waals surface area (Å²) < 4.78 is 4.58. The van der Waals surface area contributed by atoms with Crippen LogP contribution in [0.3, 0.4) is 0 Å². The molecule has 2 N–H and O–H groups in total. The standard InChI is InChI=1S/C9H10N2O5S/c1-5(12)6-4-17-9(10-6)11-7(13)2-16-3-8(14)15/h4H,2-3H2,1H3,(H,14,15)(H,10,11,13). The van der Waals surface area contributed by atoms with Gasteiger partial charge in [-0.1, -0.05) is 0 Å². The number of hydrogen-bond acceptors (Lipinski definition) is 6. The number of Topliss-reactive ketones (excluding diaryl/α,β-unsaturated/α-hetero) is 1. The number of carbonyl (C=O) groups is 3. The fraction of sp³-hybridized carbons (Fsp3) is 0.333. The van der Waals surface area contributed by atoms with E-state index in [4.69, 9.17) is 5.11 Å². The lowest BCUT2D eigenvalue weighted by molar-refractivity contribution is -0.143. The Morgan fingerprint density at radius 3 is 2.71 bits per heavy atom. The number of carboxylic acid groups (broad SMARTS) is 1. The summed E-state index contributed by atoms with van der Waals surface area (Å²) in [5.74, 6) is -1.86. The Labute approximate surface area is 100 Å². The van der Waals surface area contributed by atoms with Crippen LogP contribution in [0.2, 0.25) is 0 Å². The molecule has 1 aromatic rings. The maximum Gasteiger partial charge on any atom is 0.329 e. The Kier molecular flexibility index (Phi) is 4.73. The first-order valence-electron chi connectivity index (χ1n) is 4.55. The molecule has 1 rings (SSSR count).